The van der Waals surface area contributed by atoms with Gasteiger partial charge >= 0.3 is 0 Å². The van der Waals surface area contributed by atoms with Gasteiger partial charge in [-0.3, -0.25) is 4.79 Å². The third kappa shape index (κ3) is 2.81. The maximum Gasteiger partial charge on any atom is 0.170 e. The van der Waals surface area contributed by atoms with Gasteiger partial charge in [0.05, 0.1) is 24.2 Å². The Kier molecular flexibility index (Phi) is 3.67. The number of carbonyl (C=O) groups excluding carboxylic acids is 1. The van der Waals surface area contributed by atoms with E-state index in [1.165, 1.54) is 7.11 Å². The molecule has 1 heterocycles. The van der Waals surface area contributed by atoms with Gasteiger partial charge in [0.2, 0.25) is 0 Å². The Balaban J connectivity index is 2.40. The SMILES string of the molecule is COc1cc(C)cc(C)c1C(=O)C1CCS(=O)(=O)C1. The second-order valence-corrected chi connectivity index (χ2v) is 7.35. The van der Waals surface area contributed by atoms with E-state index < -0.39 is 15.8 Å². The Hall–Kier alpha value is -1.36. The Labute approximate surface area is 113 Å². The highest BCUT2D eigenvalue weighted by Gasteiger charge is 2.35. The zero-order valence-corrected chi connectivity index (χ0v) is 12.2. The highest BCUT2D eigenvalue weighted by Crippen LogP contribution is 2.30. The number of ether oxygens (including phenoxy) is 1. The van der Waals surface area contributed by atoms with Crippen LogP contribution in [0.3, 0.4) is 0 Å². The van der Waals surface area contributed by atoms with Crippen molar-refractivity contribution < 1.29 is 17.9 Å². The molecule has 104 valence electrons. The standard InChI is InChI=1S/C14H18O4S/c1-9-6-10(2)13(12(7-9)18-3)14(15)11-4-5-19(16,17)8-11/h6-7,11H,4-5,8H2,1-3H3. The summed E-state index contributed by atoms with van der Waals surface area (Å²) >= 11 is 0. The van der Waals surface area contributed by atoms with E-state index in [1.807, 2.05) is 26.0 Å². The van der Waals surface area contributed by atoms with Gasteiger partial charge in [0.25, 0.3) is 0 Å². The van der Waals surface area contributed by atoms with Crippen LogP contribution < -0.4 is 4.74 Å². The van der Waals surface area contributed by atoms with Crippen LogP contribution in [0.2, 0.25) is 0 Å². The third-order valence-corrected chi connectivity index (χ3v) is 5.28. The fraction of sp³-hybridized carbons (Fsp3) is 0.500. The van der Waals surface area contributed by atoms with Gasteiger partial charge in [-0.2, -0.15) is 0 Å². The Bertz CT molecular complexity index is 617. The number of hydrogen-bond donors (Lipinski definition) is 0. The van der Waals surface area contributed by atoms with Crippen LogP contribution in [0.5, 0.6) is 5.75 Å². The summed E-state index contributed by atoms with van der Waals surface area (Å²) < 4.78 is 28.2. The number of sulfone groups is 1. The van der Waals surface area contributed by atoms with Gasteiger partial charge in [-0.05, 0) is 37.5 Å². The van der Waals surface area contributed by atoms with Crippen molar-refractivity contribution in [2.24, 2.45) is 5.92 Å². The van der Waals surface area contributed by atoms with Crippen LogP contribution in [0.4, 0.5) is 0 Å². The predicted octanol–water partition coefficient (Wildman–Crippen LogP) is 1.93. The summed E-state index contributed by atoms with van der Waals surface area (Å²) in [7, 11) is -1.53. The van der Waals surface area contributed by atoms with Crippen molar-refractivity contribution in [2.45, 2.75) is 20.3 Å². The molecule has 2 rings (SSSR count). The average Bonchev–Trinajstić information content (AvgIpc) is 2.68. The Morgan fingerprint density at radius 1 is 1.32 bits per heavy atom. The number of rotatable bonds is 3. The number of methoxy groups -OCH3 is 1. The van der Waals surface area contributed by atoms with Crippen LogP contribution in [-0.4, -0.2) is 32.8 Å². The second kappa shape index (κ2) is 4.96. The molecule has 0 radical (unpaired) electrons. The molecule has 1 atom stereocenters. The number of ketones is 1. The van der Waals surface area contributed by atoms with Gasteiger partial charge in [-0.15, -0.1) is 0 Å². The Morgan fingerprint density at radius 2 is 2.00 bits per heavy atom. The summed E-state index contributed by atoms with van der Waals surface area (Å²) in [6.07, 6.45) is 0.414. The minimum absolute atomic E-state index is 0.0394. The molecule has 0 bridgehead atoms. The van der Waals surface area contributed by atoms with E-state index in [0.29, 0.717) is 17.7 Å². The first kappa shape index (κ1) is 14.1. The summed E-state index contributed by atoms with van der Waals surface area (Å²) in [5.41, 5.74) is 2.38. The minimum Gasteiger partial charge on any atom is -0.496 e. The summed E-state index contributed by atoms with van der Waals surface area (Å²) in [5.74, 6) is 0.0568. The molecule has 0 N–H and O–H groups in total. The summed E-state index contributed by atoms with van der Waals surface area (Å²) in [6.45, 7) is 3.79. The van der Waals surface area contributed by atoms with Crippen LogP contribution in [0.15, 0.2) is 12.1 Å². The maximum absolute atomic E-state index is 12.5. The topological polar surface area (TPSA) is 60.4 Å². The lowest BCUT2D eigenvalue weighted by Crippen LogP contribution is -2.18. The molecular formula is C14H18O4S. The average molecular weight is 282 g/mol. The molecule has 0 aromatic heterocycles. The molecular weight excluding hydrogens is 264 g/mol. The highest BCUT2D eigenvalue weighted by atomic mass is 32.2. The van der Waals surface area contributed by atoms with Crippen molar-refractivity contribution in [1.29, 1.82) is 0 Å². The van der Waals surface area contributed by atoms with Gasteiger partial charge < -0.3 is 4.74 Å². The first-order valence-corrected chi connectivity index (χ1v) is 8.06. The van der Waals surface area contributed by atoms with E-state index in [-0.39, 0.29) is 17.3 Å². The van der Waals surface area contributed by atoms with Gasteiger partial charge in [0, 0.05) is 5.92 Å². The molecule has 1 aliphatic heterocycles. The quantitative estimate of drug-likeness (QED) is 0.795. The number of aryl methyl sites for hydroxylation is 2. The largest absolute Gasteiger partial charge is 0.496 e. The lowest BCUT2D eigenvalue weighted by Gasteiger charge is -2.14. The zero-order valence-electron chi connectivity index (χ0n) is 11.4. The van der Waals surface area contributed by atoms with E-state index in [4.69, 9.17) is 4.74 Å². The van der Waals surface area contributed by atoms with Crippen molar-refractivity contribution in [1.82, 2.24) is 0 Å². The molecule has 1 aromatic carbocycles. The van der Waals surface area contributed by atoms with E-state index in [2.05, 4.69) is 0 Å². The summed E-state index contributed by atoms with van der Waals surface area (Å²) in [6, 6.07) is 3.73. The lowest BCUT2D eigenvalue weighted by atomic mass is 9.92. The Morgan fingerprint density at radius 3 is 2.53 bits per heavy atom. The van der Waals surface area contributed by atoms with Crippen LogP contribution in [0.1, 0.15) is 27.9 Å². The van der Waals surface area contributed by atoms with Crippen molar-refractivity contribution in [2.75, 3.05) is 18.6 Å². The number of benzene rings is 1. The van der Waals surface area contributed by atoms with Crippen molar-refractivity contribution in [3.8, 4) is 5.75 Å². The van der Waals surface area contributed by atoms with E-state index in [1.54, 1.807) is 0 Å². The van der Waals surface area contributed by atoms with Gasteiger partial charge in [-0.1, -0.05) is 6.07 Å². The lowest BCUT2D eigenvalue weighted by molar-refractivity contribution is 0.0929. The van der Waals surface area contributed by atoms with Crippen molar-refractivity contribution >= 4 is 15.6 Å². The van der Waals surface area contributed by atoms with Crippen LogP contribution in [0.25, 0.3) is 0 Å². The molecule has 0 spiro atoms. The normalized spacial score (nSPS) is 21.3. The van der Waals surface area contributed by atoms with Crippen LogP contribution >= 0.6 is 0 Å². The molecule has 1 aliphatic rings. The van der Waals surface area contributed by atoms with Gasteiger partial charge in [-0.25, -0.2) is 8.42 Å². The molecule has 5 heteroatoms. The van der Waals surface area contributed by atoms with Crippen molar-refractivity contribution in [3.63, 3.8) is 0 Å². The molecule has 1 fully saturated rings. The minimum atomic E-state index is -3.05. The van der Waals surface area contributed by atoms with Gasteiger partial charge in [0.15, 0.2) is 15.6 Å². The maximum atomic E-state index is 12.5. The van der Waals surface area contributed by atoms with E-state index >= 15 is 0 Å². The molecule has 1 unspecified atom stereocenters. The molecule has 0 saturated carbocycles. The fourth-order valence-electron chi connectivity index (χ4n) is 2.61. The molecule has 0 amide bonds. The first-order chi connectivity index (χ1) is 8.84. The monoisotopic (exact) mass is 282 g/mol. The smallest absolute Gasteiger partial charge is 0.170 e. The molecule has 1 saturated heterocycles. The van der Waals surface area contributed by atoms with E-state index in [9.17, 15) is 13.2 Å². The summed E-state index contributed by atoms with van der Waals surface area (Å²) in [5, 5.41) is 0. The fourth-order valence-corrected chi connectivity index (χ4v) is 4.35. The molecule has 0 aliphatic carbocycles. The molecule has 4 nitrogen and oxygen atoms in total. The molecule has 19 heavy (non-hydrogen) atoms. The first-order valence-electron chi connectivity index (χ1n) is 6.24. The number of carbonyl (C=O) groups is 1. The van der Waals surface area contributed by atoms with Crippen LogP contribution in [0, 0.1) is 19.8 Å². The second-order valence-electron chi connectivity index (χ2n) is 5.12. The zero-order chi connectivity index (χ0) is 14.2. The predicted molar refractivity (Wildman–Crippen MR) is 73.6 cm³/mol. The van der Waals surface area contributed by atoms with Gasteiger partial charge in [0.1, 0.15) is 5.75 Å². The summed E-state index contributed by atoms with van der Waals surface area (Å²) in [4.78, 5) is 12.5. The highest BCUT2D eigenvalue weighted by molar-refractivity contribution is 7.91. The van der Waals surface area contributed by atoms with Crippen LogP contribution in [-0.2, 0) is 9.84 Å². The van der Waals surface area contributed by atoms with Crippen molar-refractivity contribution in [3.05, 3.63) is 28.8 Å². The number of Topliss-reactive ketones (excluding diaryl/α,β-unsaturated/α-hetero) is 1. The number of hydrogen-bond acceptors (Lipinski definition) is 4. The molecule has 1 aromatic rings. The van der Waals surface area contributed by atoms with E-state index in [0.717, 1.165) is 11.1 Å². The third-order valence-electron chi connectivity index (χ3n) is 3.51.